The number of thioether (sulfide) groups is 1. The molecular weight excluding hydrogens is 272 g/mol. The van der Waals surface area contributed by atoms with Crippen molar-refractivity contribution in [2.45, 2.75) is 25.3 Å². The minimum Gasteiger partial charge on any atom is -0.496 e. The van der Waals surface area contributed by atoms with Crippen LogP contribution in [-0.2, 0) is 11.2 Å². The molecule has 1 fully saturated rings. The van der Waals surface area contributed by atoms with Crippen LogP contribution in [0.2, 0.25) is 0 Å². The van der Waals surface area contributed by atoms with Gasteiger partial charge in [-0.25, -0.2) is 0 Å². The summed E-state index contributed by atoms with van der Waals surface area (Å²) in [7, 11) is 1.70. The first-order chi connectivity index (χ1) is 9.81. The molecule has 1 aliphatic rings. The predicted molar refractivity (Wildman–Crippen MR) is 83.2 cm³/mol. The molecule has 110 valence electrons. The van der Waals surface area contributed by atoms with Crippen LogP contribution in [0, 0.1) is 0 Å². The van der Waals surface area contributed by atoms with Gasteiger partial charge in [0.1, 0.15) is 5.75 Å². The molecule has 1 aliphatic heterocycles. The Morgan fingerprint density at radius 3 is 3.05 bits per heavy atom. The molecule has 2 N–H and O–H groups in total. The lowest BCUT2D eigenvalue weighted by molar-refractivity contribution is -0.122. The minimum absolute atomic E-state index is 0.00535. The molecule has 1 aromatic rings. The zero-order valence-electron chi connectivity index (χ0n) is 11.9. The maximum atomic E-state index is 11.8. The molecule has 1 atom stereocenters. The number of unbranched alkanes of at least 4 members (excludes halogenated alkanes) is 1. The Labute approximate surface area is 124 Å². The van der Waals surface area contributed by atoms with Crippen LogP contribution in [0.3, 0.4) is 0 Å². The van der Waals surface area contributed by atoms with Crippen LogP contribution in [0.15, 0.2) is 24.3 Å². The molecule has 0 spiro atoms. The molecule has 1 aromatic carbocycles. The number of hydrogen-bond donors (Lipinski definition) is 2. The number of carbonyl (C=O) groups excluding carboxylic acids is 1. The smallest absolute Gasteiger partial charge is 0.238 e. The van der Waals surface area contributed by atoms with Crippen molar-refractivity contribution in [3.63, 3.8) is 0 Å². The molecule has 4 nitrogen and oxygen atoms in total. The lowest BCUT2D eigenvalue weighted by Gasteiger charge is -2.11. The van der Waals surface area contributed by atoms with Gasteiger partial charge in [-0.1, -0.05) is 18.2 Å². The number of benzene rings is 1. The second kappa shape index (κ2) is 8.17. The van der Waals surface area contributed by atoms with E-state index in [-0.39, 0.29) is 11.9 Å². The average molecular weight is 294 g/mol. The SMILES string of the molecule is COc1ccccc1CCCCNC(=O)C1CSCN1. The lowest BCUT2D eigenvalue weighted by Crippen LogP contribution is -2.42. The standard InChI is InChI=1S/C15H22N2O2S/c1-19-14-8-3-2-6-12(14)7-4-5-9-16-15(18)13-10-20-11-17-13/h2-3,6,8,13,17H,4-5,7,9-11H2,1H3,(H,16,18). The fraction of sp³-hybridized carbons (Fsp3) is 0.533. The van der Waals surface area contributed by atoms with Crippen molar-refractivity contribution in [2.75, 3.05) is 25.3 Å². The third-order valence-corrected chi connectivity index (χ3v) is 4.34. The molecule has 0 radical (unpaired) electrons. The molecule has 1 saturated heterocycles. The maximum Gasteiger partial charge on any atom is 0.238 e. The van der Waals surface area contributed by atoms with E-state index in [2.05, 4.69) is 16.7 Å². The fourth-order valence-electron chi connectivity index (χ4n) is 2.25. The van der Waals surface area contributed by atoms with Gasteiger partial charge in [-0.3, -0.25) is 10.1 Å². The van der Waals surface area contributed by atoms with Gasteiger partial charge in [0.15, 0.2) is 0 Å². The van der Waals surface area contributed by atoms with E-state index in [1.165, 1.54) is 5.56 Å². The quantitative estimate of drug-likeness (QED) is 0.753. The second-order valence-electron chi connectivity index (χ2n) is 4.83. The minimum atomic E-state index is -0.00535. The summed E-state index contributed by atoms with van der Waals surface area (Å²) in [5, 5.41) is 6.17. The van der Waals surface area contributed by atoms with E-state index in [0.717, 1.165) is 43.2 Å². The number of amides is 1. The van der Waals surface area contributed by atoms with Gasteiger partial charge in [0.25, 0.3) is 0 Å². The zero-order chi connectivity index (χ0) is 14.2. The van der Waals surface area contributed by atoms with E-state index in [1.54, 1.807) is 18.9 Å². The Hall–Kier alpha value is -1.20. The van der Waals surface area contributed by atoms with Crippen molar-refractivity contribution in [3.8, 4) is 5.75 Å². The summed E-state index contributed by atoms with van der Waals surface area (Å²) in [6.45, 7) is 0.747. The summed E-state index contributed by atoms with van der Waals surface area (Å²) in [5.74, 6) is 2.84. The predicted octanol–water partition coefficient (Wildman–Crippen LogP) is 1.80. The Bertz CT molecular complexity index is 434. The topological polar surface area (TPSA) is 50.4 Å². The summed E-state index contributed by atoms with van der Waals surface area (Å²) in [6, 6.07) is 8.09. The van der Waals surface area contributed by atoms with Crippen LogP contribution in [-0.4, -0.2) is 37.2 Å². The summed E-state index contributed by atoms with van der Waals surface area (Å²) in [5.41, 5.74) is 1.23. The molecule has 0 saturated carbocycles. The van der Waals surface area contributed by atoms with Crippen molar-refractivity contribution in [3.05, 3.63) is 29.8 Å². The highest BCUT2D eigenvalue weighted by molar-refractivity contribution is 7.99. The Morgan fingerprint density at radius 2 is 2.30 bits per heavy atom. The molecule has 20 heavy (non-hydrogen) atoms. The summed E-state index contributed by atoms with van der Waals surface area (Å²) >= 11 is 1.77. The highest BCUT2D eigenvalue weighted by atomic mass is 32.2. The van der Waals surface area contributed by atoms with Crippen LogP contribution < -0.4 is 15.4 Å². The number of para-hydroxylation sites is 1. The average Bonchev–Trinajstić information content (AvgIpc) is 3.01. The highest BCUT2D eigenvalue weighted by Gasteiger charge is 2.21. The van der Waals surface area contributed by atoms with Gasteiger partial charge >= 0.3 is 0 Å². The first-order valence-electron chi connectivity index (χ1n) is 7.02. The van der Waals surface area contributed by atoms with E-state index in [1.807, 2.05) is 18.2 Å². The lowest BCUT2D eigenvalue weighted by atomic mass is 10.1. The van der Waals surface area contributed by atoms with Crippen molar-refractivity contribution in [1.29, 1.82) is 0 Å². The Kier molecular flexibility index (Phi) is 6.21. The van der Waals surface area contributed by atoms with Gasteiger partial charge in [-0.2, -0.15) is 0 Å². The molecule has 0 aliphatic carbocycles. The number of rotatable bonds is 7. The first kappa shape index (κ1) is 15.2. The number of carbonyl (C=O) groups is 1. The molecule has 1 heterocycles. The summed E-state index contributed by atoms with van der Waals surface area (Å²) in [4.78, 5) is 11.8. The van der Waals surface area contributed by atoms with Gasteiger partial charge in [-0.15, -0.1) is 11.8 Å². The van der Waals surface area contributed by atoms with Crippen LogP contribution in [0.25, 0.3) is 0 Å². The zero-order valence-corrected chi connectivity index (χ0v) is 12.7. The number of aryl methyl sites for hydroxylation is 1. The highest BCUT2D eigenvalue weighted by Crippen LogP contribution is 2.19. The fourth-order valence-corrected chi connectivity index (χ4v) is 3.19. The van der Waals surface area contributed by atoms with Crippen molar-refractivity contribution in [1.82, 2.24) is 10.6 Å². The molecule has 0 bridgehead atoms. The third-order valence-electron chi connectivity index (χ3n) is 3.40. The molecule has 1 amide bonds. The van der Waals surface area contributed by atoms with Gasteiger partial charge in [0.05, 0.1) is 13.2 Å². The van der Waals surface area contributed by atoms with Crippen LogP contribution in [0.4, 0.5) is 0 Å². The van der Waals surface area contributed by atoms with Crippen molar-refractivity contribution >= 4 is 17.7 Å². The molecule has 1 unspecified atom stereocenters. The normalized spacial score (nSPS) is 17.9. The van der Waals surface area contributed by atoms with Gasteiger partial charge in [0.2, 0.25) is 5.91 Å². The van der Waals surface area contributed by atoms with E-state index < -0.39 is 0 Å². The van der Waals surface area contributed by atoms with Crippen molar-refractivity contribution < 1.29 is 9.53 Å². The number of ether oxygens (including phenoxy) is 1. The second-order valence-corrected chi connectivity index (χ2v) is 5.86. The molecule has 2 rings (SSSR count). The largest absolute Gasteiger partial charge is 0.496 e. The first-order valence-corrected chi connectivity index (χ1v) is 8.17. The Morgan fingerprint density at radius 1 is 1.45 bits per heavy atom. The van der Waals surface area contributed by atoms with E-state index in [9.17, 15) is 4.79 Å². The monoisotopic (exact) mass is 294 g/mol. The third kappa shape index (κ3) is 4.42. The van der Waals surface area contributed by atoms with E-state index in [4.69, 9.17) is 4.74 Å². The van der Waals surface area contributed by atoms with Crippen LogP contribution in [0.1, 0.15) is 18.4 Å². The van der Waals surface area contributed by atoms with Crippen LogP contribution in [0.5, 0.6) is 5.75 Å². The Balaban J connectivity index is 1.62. The number of nitrogens with one attached hydrogen (secondary N) is 2. The molecular formula is C15H22N2O2S. The van der Waals surface area contributed by atoms with Crippen LogP contribution >= 0.6 is 11.8 Å². The summed E-state index contributed by atoms with van der Waals surface area (Å²) < 4.78 is 5.33. The van der Waals surface area contributed by atoms with Gasteiger partial charge in [0, 0.05) is 18.2 Å². The van der Waals surface area contributed by atoms with E-state index in [0.29, 0.717) is 0 Å². The number of methoxy groups -OCH3 is 1. The van der Waals surface area contributed by atoms with Crippen molar-refractivity contribution in [2.24, 2.45) is 0 Å². The molecule has 0 aromatic heterocycles. The van der Waals surface area contributed by atoms with Gasteiger partial charge < -0.3 is 10.1 Å². The maximum absolute atomic E-state index is 11.8. The van der Waals surface area contributed by atoms with E-state index >= 15 is 0 Å². The van der Waals surface area contributed by atoms with Gasteiger partial charge in [-0.05, 0) is 30.9 Å². The number of hydrogen-bond acceptors (Lipinski definition) is 4. The molecule has 5 heteroatoms. The summed E-state index contributed by atoms with van der Waals surface area (Å²) in [6.07, 6.45) is 3.02.